The van der Waals surface area contributed by atoms with Gasteiger partial charge in [-0.3, -0.25) is 9.10 Å². The van der Waals surface area contributed by atoms with E-state index < -0.39 is 15.9 Å². The van der Waals surface area contributed by atoms with Gasteiger partial charge < -0.3 is 19.5 Å². The zero-order chi connectivity index (χ0) is 20.6. The Kier molecular flexibility index (Phi) is 7.51. The lowest BCUT2D eigenvalue weighted by Crippen LogP contribution is -2.41. The lowest BCUT2D eigenvalue weighted by molar-refractivity contribution is -0.119. The minimum atomic E-state index is -3.64. The molecule has 0 aromatic heterocycles. The number of nitrogens with zero attached hydrogens (tertiary/aromatic N) is 1. The molecule has 8 nitrogen and oxygen atoms in total. The summed E-state index contributed by atoms with van der Waals surface area (Å²) in [7, 11) is -0.579. The molecule has 1 amide bonds. The van der Waals surface area contributed by atoms with Gasteiger partial charge in [-0.05, 0) is 36.4 Å². The summed E-state index contributed by atoms with van der Waals surface area (Å²) in [6.07, 6.45) is 1.05. The number of anilines is 1. The van der Waals surface area contributed by atoms with Crippen LogP contribution in [-0.2, 0) is 14.8 Å². The fourth-order valence-corrected chi connectivity index (χ4v) is 3.23. The third kappa shape index (κ3) is 6.34. The van der Waals surface area contributed by atoms with Crippen molar-refractivity contribution >= 4 is 21.6 Å². The van der Waals surface area contributed by atoms with E-state index >= 15 is 0 Å². The maximum atomic E-state index is 12.2. The van der Waals surface area contributed by atoms with Gasteiger partial charge in [0.1, 0.15) is 30.4 Å². The Bertz CT molecular complexity index is 884. The summed E-state index contributed by atoms with van der Waals surface area (Å²) in [5, 5.41) is 2.65. The van der Waals surface area contributed by atoms with Crippen LogP contribution in [-0.4, -0.2) is 54.5 Å². The summed E-state index contributed by atoms with van der Waals surface area (Å²) < 4.78 is 40.9. The maximum Gasteiger partial charge on any atom is 0.240 e. The first-order valence-electron chi connectivity index (χ1n) is 8.49. The molecule has 0 fully saturated rings. The third-order valence-corrected chi connectivity index (χ3v) is 4.92. The molecule has 0 atom stereocenters. The molecular weight excluding hydrogens is 384 g/mol. The molecule has 0 aliphatic carbocycles. The third-order valence-electron chi connectivity index (χ3n) is 3.78. The molecule has 2 aromatic carbocycles. The van der Waals surface area contributed by atoms with Crippen LogP contribution in [0.15, 0.2) is 48.5 Å². The number of hydrogen-bond donors (Lipinski definition) is 1. The number of carbonyl (C=O) groups is 1. The summed E-state index contributed by atoms with van der Waals surface area (Å²) in [6, 6.07) is 13.6. The molecule has 0 spiro atoms. The minimum absolute atomic E-state index is 0.237. The van der Waals surface area contributed by atoms with Gasteiger partial charge in [-0.2, -0.15) is 0 Å². The zero-order valence-electron chi connectivity index (χ0n) is 16.0. The standard InChI is InChI=1S/C19H24N2O6S/c1-25-16-7-9-17(10-8-16)27-12-11-20-19(22)14-21(28(3,23)24)15-5-4-6-18(13-15)26-2/h4-10,13H,11-12,14H2,1-3H3,(H,20,22). The molecule has 0 radical (unpaired) electrons. The van der Waals surface area contributed by atoms with Crippen LogP contribution in [0.3, 0.4) is 0 Å². The fourth-order valence-electron chi connectivity index (χ4n) is 2.38. The maximum absolute atomic E-state index is 12.2. The monoisotopic (exact) mass is 408 g/mol. The van der Waals surface area contributed by atoms with E-state index in [0.29, 0.717) is 17.2 Å². The van der Waals surface area contributed by atoms with Crippen LogP contribution in [0.25, 0.3) is 0 Å². The first-order chi connectivity index (χ1) is 13.3. The first kappa shape index (κ1) is 21.4. The number of rotatable bonds is 10. The second-order valence-electron chi connectivity index (χ2n) is 5.85. The molecule has 9 heteroatoms. The van der Waals surface area contributed by atoms with Crippen LogP contribution in [0.2, 0.25) is 0 Å². The van der Waals surface area contributed by atoms with Crippen molar-refractivity contribution in [3.05, 3.63) is 48.5 Å². The normalized spacial score (nSPS) is 10.8. The highest BCUT2D eigenvalue weighted by molar-refractivity contribution is 7.92. The number of sulfonamides is 1. The average molecular weight is 408 g/mol. The smallest absolute Gasteiger partial charge is 0.240 e. The second kappa shape index (κ2) is 9.84. The quantitative estimate of drug-likeness (QED) is 0.601. The molecule has 2 rings (SSSR count). The van der Waals surface area contributed by atoms with Crippen molar-refractivity contribution in [2.24, 2.45) is 0 Å². The van der Waals surface area contributed by atoms with Crippen molar-refractivity contribution < 1.29 is 27.4 Å². The fraction of sp³-hybridized carbons (Fsp3) is 0.316. The molecular formula is C19H24N2O6S. The Morgan fingerprint density at radius 2 is 1.64 bits per heavy atom. The van der Waals surface area contributed by atoms with Crippen molar-refractivity contribution in [1.82, 2.24) is 5.32 Å². The average Bonchev–Trinajstić information content (AvgIpc) is 2.69. The lowest BCUT2D eigenvalue weighted by Gasteiger charge is -2.22. The summed E-state index contributed by atoms with van der Waals surface area (Å²) in [4.78, 5) is 12.2. The Labute approximate surface area is 165 Å². The first-order valence-corrected chi connectivity index (χ1v) is 10.3. The molecule has 0 aliphatic heterocycles. The minimum Gasteiger partial charge on any atom is -0.497 e. The van der Waals surface area contributed by atoms with Crippen LogP contribution >= 0.6 is 0 Å². The lowest BCUT2D eigenvalue weighted by atomic mass is 10.3. The Morgan fingerprint density at radius 3 is 2.25 bits per heavy atom. The van der Waals surface area contributed by atoms with Gasteiger partial charge in [-0.25, -0.2) is 8.42 Å². The van der Waals surface area contributed by atoms with E-state index in [1.54, 1.807) is 55.6 Å². The van der Waals surface area contributed by atoms with Gasteiger partial charge >= 0.3 is 0 Å². The van der Waals surface area contributed by atoms with E-state index in [9.17, 15) is 13.2 Å². The summed E-state index contributed by atoms with van der Waals surface area (Å²) in [5.74, 6) is 1.43. The van der Waals surface area contributed by atoms with Gasteiger partial charge in [0.25, 0.3) is 0 Å². The molecule has 28 heavy (non-hydrogen) atoms. The Hall–Kier alpha value is -2.94. The van der Waals surface area contributed by atoms with Crippen molar-refractivity contribution in [3.63, 3.8) is 0 Å². The Morgan fingerprint density at radius 1 is 1.00 bits per heavy atom. The number of ether oxygens (including phenoxy) is 3. The number of carbonyl (C=O) groups excluding carboxylic acids is 1. The van der Waals surface area contributed by atoms with Crippen molar-refractivity contribution in [3.8, 4) is 17.2 Å². The molecule has 152 valence electrons. The topological polar surface area (TPSA) is 94.2 Å². The molecule has 0 bridgehead atoms. The highest BCUT2D eigenvalue weighted by atomic mass is 32.2. The van der Waals surface area contributed by atoms with Crippen LogP contribution in [0.5, 0.6) is 17.2 Å². The van der Waals surface area contributed by atoms with Crippen LogP contribution in [0.4, 0.5) is 5.69 Å². The van der Waals surface area contributed by atoms with Crippen LogP contribution in [0.1, 0.15) is 0 Å². The van der Waals surface area contributed by atoms with Crippen molar-refractivity contribution in [2.75, 3.05) is 44.5 Å². The SMILES string of the molecule is COc1ccc(OCCNC(=O)CN(c2cccc(OC)c2)S(C)(=O)=O)cc1. The zero-order valence-corrected chi connectivity index (χ0v) is 16.9. The molecule has 0 heterocycles. The Balaban J connectivity index is 1.89. The highest BCUT2D eigenvalue weighted by Gasteiger charge is 2.21. The predicted octanol–water partition coefficient (Wildman–Crippen LogP) is 1.66. The van der Waals surface area contributed by atoms with Gasteiger partial charge in [0.2, 0.25) is 15.9 Å². The number of hydrogen-bond acceptors (Lipinski definition) is 6. The van der Waals surface area contributed by atoms with Gasteiger partial charge in [0.05, 0.1) is 32.7 Å². The van der Waals surface area contributed by atoms with E-state index in [4.69, 9.17) is 14.2 Å². The van der Waals surface area contributed by atoms with E-state index in [0.717, 1.165) is 16.3 Å². The predicted molar refractivity (Wildman–Crippen MR) is 107 cm³/mol. The van der Waals surface area contributed by atoms with E-state index in [2.05, 4.69) is 5.32 Å². The van der Waals surface area contributed by atoms with Gasteiger partial charge in [-0.15, -0.1) is 0 Å². The van der Waals surface area contributed by atoms with E-state index in [1.807, 2.05) is 0 Å². The van der Waals surface area contributed by atoms with Crippen LogP contribution in [0, 0.1) is 0 Å². The van der Waals surface area contributed by atoms with Crippen molar-refractivity contribution in [2.45, 2.75) is 0 Å². The second-order valence-corrected chi connectivity index (χ2v) is 7.75. The highest BCUT2D eigenvalue weighted by Crippen LogP contribution is 2.22. The van der Waals surface area contributed by atoms with Gasteiger partial charge in [0.15, 0.2) is 0 Å². The number of amides is 1. The molecule has 2 aromatic rings. The summed E-state index contributed by atoms with van der Waals surface area (Å²) in [5.41, 5.74) is 0.353. The largest absolute Gasteiger partial charge is 0.497 e. The van der Waals surface area contributed by atoms with E-state index in [1.165, 1.54) is 7.11 Å². The molecule has 0 aliphatic rings. The number of nitrogens with one attached hydrogen (secondary N) is 1. The number of methoxy groups -OCH3 is 2. The molecule has 0 unspecified atom stereocenters. The van der Waals surface area contributed by atoms with Gasteiger partial charge in [0, 0.05) is 6.07 Å². The number of benzene rings is 2. The molecule has 0 saturated carbocycles. The van der Waals surface area contributed by atoms with Gasteiger partial charge in [-0.1, -0.05) is 6.07 Å². The summed E-state index contributed by atoms with van der Waals surface area (Å²) >= 11 is 0. The van der Waals surface area contributed by atoms with Crippen molar-refractivity contribution in [1.29, 1.82) is 0 Å². The molecule has 1 N–H and O–H groups in total. The molecule has 0 saturated heterocycles. The summed E-state index contributed by atoms with van der Waals surface area (Å²) in [6.45, 7) is 0.144. The van der Waals surface area contributed by atoms with Crippen LogP contribution < -0.4 is 23.8 Å². The van der Waals surface area contributed by atoms with E-state index in [-0.39, 0.29) is 19.7 Å².